The van der Waals surface area contributed by atoms with Gasteiger partial charge in [-0.2, -0.15) is 5.10 Å². The quantitative estimate of drug-likeness (QED) is 0.474. The van der Waals surface area contributed by atoms with E-state index in [1.165, 1.54) is 0 Å². The van der Waals surface area contributed by atoms with Gasteiger partial charge in [0.2, 0.25) is 5.96 Å². The molecule has 0 amide bonds. The molecule has 1 aromatic rings. The van der Waals surface area contributed by atoms with Crippen LogP contribution in [0.4, 0.5) is 0 Å². The van der Waals surface area contributed by atoms with Crippen LogP contribution in [-0.4, -0.2) is 11.7 Å². The van der Waals surface area contributed by atoms with Crippen molar-refractivity contribution in [2.45, 2.75) is 6.92 Å². The second-order valence-electron chi connectivity index (χ2n) is 2.72. The van der Waals surface area contributed by atoms with Gasteiger partial charge in [-0.3, -0.25) is 0 Å². The number of rotatable bonds is 2. The van der Waals surface area contributed by atoms with Crippen molar-refractivity contribution < 1.29 is 0 Å². The molecule has 0 aliphatic rings. The summed E-state index contributed by atoms with van der Waals surface area (Å²) in [4.78, 5) is 0. The van der Waals surface area contributed by atoms with Crippen molar-refractivity contribution in [3.8, 4) is 0 Å². The molecule has 4 nitrogen and oxygen atoms in total. The Kier molecular flexibility index (Phi) is 5.74. The molecule has 0 aliphatic carbocycles. The first-order valence-corrected chi connectivity index (χ1v) is 4.36. The fourth-order valence-corrected chi connectivity index (χ4v) is 1.01. The fourth-order valence-electron chi connectivity index (χ4n) is 0.882. The van der Waals surface area contributed by atoms with Gasteiger partial charge in [0.05, 0.1) is 5.71 Å². The smallest absolute Gasteiger partial charge is 0.211 e. The van der Waals surface area contributed by atoms with E-state index in [1.807, 2.05) is 19.1 Å². The lowest BCUT2D eigenvalue weighted by Gasteiger charge is -1.98. The Hall–Kier alpha value is -1.26. The normalized spacial score (nSPS) is 10.4. The van der Waals surface area contributed by atoms with Crippen LogP contribution in [0.2, 0.25) is 5.02 Å². The monoisotopic (exact) mass is 246 g/mol. The minimum atomic E-state index is -0.0571. The van der Waals surface area contributed by atoms with Crippen LogP contribution >= 0.6 is 24.0 Å². The summed E-state index contributed by atoms with van der Waals surface area (Å²) < 4.78 is 0. The number of nitrogens with two attached hydrogens (primary N) is 2. The minimum absolute atomic E-state index is 0. The van der Waals surface area contributed by atoms with Gasteiger partial charge >= 0.3 is 0 Å². The molecule has 0 atom stereocenters. The van der Waals surface area contributed by atoms with Crippen LogP contribution in [0.25, 0.3) is 0 Å². The van der Waals surface area contributed by atoms with Crippen LogP contribution in [0.3, 0.4) is 0 Å². The summed E-state index contributed by atoms with van der Waals surface area (Å²) in [7, 11) is 0. The zero-order valence-corrected chi connectivity index (χ0v) is 9.72. The van der Waals surface area contributed by atoms with Gasteiger partial charge in [0.15, 0.2) is 0 Å². The predicted octanol–water partition coefficient (Wildman–Crippen LogP) is 1.76. The van der Waals surface area contributed by atoms with Crippen LogP contribution in [0.5, 0.6) is 0 Å². The highest BCUT2D eigenvalue weighted by Gasteiger charge is 1.96. The first kappa shape index (κ1) is 13.7. The molecule has 0 aliphatic heterocycles. The molecule has 0 heterocycles. The van der Waals surface area contributed by atoms with Gasteiger partial charge in [-0.05, 0) is 24.6 Å². The van der Waals surface area contributed by atoms with Crippen LogP contribution in [0.15, 0.2) is 34.5 Å². The molecule has 0 fully saturated rings. The number of hydrogen-bond acceptors (Lipinski definition) is 2. The van der Waals surface area contributed by atoms with Crippen LogP contribution in [0.1, 0.15) is 12.5 Å². The van der Waals surface area contributed by atoms with E-state index in [0.29, 0.717) is 5.02 Å². The highest BCUT2D eigenvalue weighted by Crippen LogP contribution is 2.10. The Labute approximate surface area is 99.4 Å². The molecule has 0 unspecified atom stereocenters. The van der Waals surface area contributed by atoms with Gasteiger partial charge in [0, 0.05) is 5.02 Å². The molecule has 15 heavy (non-hydrogen) atoms. The summed E-state index contributed by atoms with van der Waals surface area (Å²) in [6, 6.07) is 7.27. The van der Waals surface area contributed by atoms with E-state index in [4.69, 9.17) is 23.1 Å². The molecule has 0 spiro atoms. The van der Waals surface area contributed by atoms with Gasteiger partial charge in [-0.25, -0.2) is 0 Å². The van der Waals surface area contributed by atoms with Crippen molar-refractivity contribution >= 4 is 35.7 Å². The molecule has 0 bridgehead atoms. The zero-order chi connectivity index (χ0) is 10.6. The lowest BCUT2D eigenvalue weighted by molar-refractivity contribution is 1.20. The summed E-state index contributed by atoms with van der Waals surface area (Å²) >= 11 is 5.74. The van der Waals surface area contributed by atoms with Crippen LogP contribution in [-0.2, 0) is 0 Å². The lowest BCUT2D eigenvalue weighted by Crippen LogP contribution is -2.22. The topological polar surface area (TPSA) is 76.8 Å². The largest absolute Gasteiger partial charge is 0.369 e. The van der Waals surface area contributed by atoms with Crippen molar-refractivity contribution in [1.29, 1.82) is 0 Å². The number of nitrogens with zero attached hydrogens (tertiary/aromatic N) is 2. The summed E-state index contributed by atoms with van der Waals surface area (Å²) in [6.07, 6.45) is 0. The van der Waals surface area contributed by atoms with Gasteiger partial charge in [0.1, 0.15) is 0 Å². The molecule has 0 aromatic heterocycles. The minimum Gasteiger partial charge on any atom is -0.369 e. The average molecular weight is 247 g/mol. The third kappa shape index (κ3) is 4.67. The maximum atomic E-state index is 5.74. The SMILES string of the molecule is C/C(=N/N=C(N)N)c1ccc(Cl)cc1.Cl. The van der Waals surface area contributed by atoms with Gasteiger partial charge < -0.3 is 11.5 Å². The molecule has 6 heteroatoms. The molecule has 0 saturated carbocycles. The van der Waals surface area contributed by atoms with Crippen molar-refractivity contribution in [1.82, 2.24) is 0 Å². The van der Waals surface area contributed by atoms with E-state index in [9.17, 15) is 0 Å². The van der Waals surface area contributed by atoms with E-state index >= 15 is 0 Å². The second kappa shape index (κ2) is 6.27. The lowest BCUT2D eigenvalue weighted by atomic mass is 10.1. The first-order chi connectivity index (χ1) is 6.59. The summed E-state index contributed by atoms with van der Waals surface area (Å²) in [5.41, 5.74) is 11.9. The number of hydrogen-bond donors (Lipinski definition) is 2. The van der Waals surface area contributed by atoms with Gasteiger partial charge in [-0.1, -0.05) is 23.7 Å². The molecule has 0 saturated heterocycles. The molecule has 1 aromatic carbocycles. The molecule has 1 rings (SSSR count). The van der Waals surface area contributed by atoms with Crippen molar-refractivity contribution in [2.75, 3.05) is 0 Å². The van der Waals surface area contributed by atoms with E-state index in [0.717, 1.165) is 11.3 Å². The first-order valence-electron chi connectivity index (χ1n) is 3.98. The molecular weight excluding hydrogens is 235 g/mol. The van der Waals surface area contributed by atoms with Crippen LogP contribution < -0.4 is 11.5 Å². The Morgan fingerprint density at radius 1 is 1.13 bits per heavy atom. The van der Waals surface area contributed by atoms with Crippen molar-refractivity contribution in [3.63, 3.8) is 0 Å². The maximum Gasteiger partial charge on any atom is 0.211 e. The van der Waals surface area contributed by atoms with E-state index in [1.54, 1.807) is 12.1 Å². The summed E-state index contributed by atoms with van der Waals surface area (Å²) in [6.45, 7) is 1.82. The third-order valence-electron chi connectivity index (χ3n) is 1.58. The number of benzene rings is 1. The van der Waals surface area contributed by atoms with E-state index in [2.05, 4.69) is 10.2 Å². The molecule has 0 radical (unpaired) electrons. The predicted molar refractivity (Wildman–Crippen MR) is 66.7 cm³/mol. The highest BCUT2D eigenvalue weighted by molar-refractivity contribution is 6.30. The second-order valence-corrected chi connectivity index (χ2v) is 3.15. The molecule has 4 N–H and O–H groups in total. The number of halogens is 2. The molecule has 82 valence electrons. The Morgan fingerprint density at radius 3 is 2.13 bits per heavy atom. The number of guanidine groups is 1. The summed E-state index contributed by atoms with van der Waals surface area (Å²) in [5.74, 6) is -0.0571. The van der Waals surface area contributed by atoms with Crippen molar-refractivity contribution in [3.05, 3.63) is 34.9 Å². The maximum absolute atomic E-state index is 5.74. The standard InChI is InChI=1S/C9H11ClN4.ClH/c1-6(13-14-9(11)12)7-2-4-8(10)5-3-7;/h2-5H,1H3,(H4,11,12,14);1H/b13-6-;. The molecular formula is C9H12Cl2N4. The Bertz CT molecular complexity index is 366. The highest BCUT2D eigenvalue weighted by atomic mass is 35.5. The Morgan fingerprint density at radius 2 is 1.67 bits per heavy atom. The fraction of sp³-hybridized carbons (Fsp3) is 0.111. The van der Waals surface area contributed by atoms with Crippen LogP contribution in [0, 0.1) is 0 Å². The average Bonchev–Trinajstić information content (AvgIpc) is 2.15. The van der Waals surface area contributed by atoms with Gasteiger partial charge in [-0.15, -0.1) is 17.5 Å². The van der Waals surface area contributed by atoms with Crippen molar-refractivity contribution in [2.24, 2.45) is 21.7 Å². The van der Waals surface area contributed by atoms with Gasteiger partial charge in [0.25, 0.3) is 0 Å². The van der Waals surface area contributed by atoms with E-state index < -0.39 is 0 Å². The third-order valence-corrected chi connectivity index (χ3v) is 1.83. The zero-order valence-electron chi connectivity index (χ0n) is 8.14. The summed E-state index contributed by atoms with van der Waals surface area (Å²) in [5, 5.41) is 8.07. The van der Waals surface area contributed by atoms with E-state index in [-0.39, 0.29) is 18.4 Å². The Balaban J connectivity index is 0.00000196.